The van der Waals surface area contributed by atoms with Crippen LogP contribution in [0.4, 0.5) is 4.79 Å². The number of benzene rings is 1. The molecule has 1 amide bonds. The fourth-order valence-corrected chi connectivity index (χ4v) is 2.00. The lowest BCUT2D eigenvalue weighted by atomic mass is 10.1. The largest absolute Gasteiger partial charge is 0.464 e. The van der Waals surface area contributed by atoms with Gasteiger partial charge in [0.1, 0.15) is 23.2 Å². The monoisotopic (exact) mass is 287 g/mol. The maximum absolute atomic E-state index is 12.0. The minimum absolute atomic E-state index is 0.366. The molecule has 1 aromatic carbocycles. The van der Waals surface area contributed by atoms with Crippen molar-refractivity contribution < 1.29 is 13.9 Å². The van der Waals surface area contributed by atoms with Crippen LogP contribution in [0, 0.1) is 6.92 Å². The number of hydrogen-bond acceptors (Lipinski definition) is 3. The second-order valence-corrected chi connectivity index (χ2v) is 5.94. The Hall–Kier alpha value is -2.23. The number of alkyl carbamates (subject to hydrolysis) is 1. The van der Waals surface area contributed by atoms with Crippen molar-refractivity contribution >= 4 is 6.09 Å². The van der Waals surface area contributed by atoms with E-state index in [1.165, 1.54) is 0 Å². The number of nitrogens with one attached hydrogen (secondary N) is 1. The van der Waals surface area contributed by atoms with Gasteiger partial charge in [-0.25, -0.2) is 4.79 Å². The van der Waals surface area contributed by atoms with Crippen LogP contribution >= 0.6 is 0 Å². The summed E-state index contributed by atoms with van der Waals surface area (Å²) >= 11 is 0. The summed E-state index contributed by atoms with van der Waals surface area (Å²) in [4.78, 5) is 12.0. The molecule has 2 rings (SSSR count). The molecule has 1 aromatic heterocycles. The van der Waals surface area contributed by atoms with Crippen LogP contribution in [0.2, 0.25) is 0 Å². The van der Waals surface area contributed by atoms with Crippen molar-refractivity contribution in [3.05, 3.63) is 59.5 Å². The summed E-state index contributed by atoms with van der Waals surface area (Å²) in [6.07, 6.45) is -0.467. The third-order valence-corrected chi connectivity index (χ3v) is 2.84. The zero-order valence-corrected chi connectivity index (χ0v) is 12.8. The lowest BCUT2D eigenvalue weighted by Crippen LogP contribution is -2.35. The second kappa shape index (κ2) is 6.04. The highest BCUT2D eigenvalue weighted by atomic mass is 16.6. The van der Waals surface area contributed by atoms with E-state index in [1.54, 1.807) is 0 Å². The molecule has 0 aliphatic rings. The SMILES string of the molecule is Cc1ccc([C@@H](NC(=O)OC(C)(C)C)c2ccccc2)o1. The average molecular weight is 287 g/mol. The Kier molecular flexibility index (Phi) is 4.36. The van der Waals surface area contributed by atoms with Crippen molar-refractivity contribution in [1.82, 2.24) is 5.32 Å². The standard InChI is InChI=1S/C17H21NO3/c1-12-10-11-14(20-12)15(13-8-6-5-7-9-13)18-16(19)21-17(2,3)4/h5-11,15H,1-4H3,(H,18,19)/t15-/m0/s1. The Morgan fingerprint density at radius 2 is 1.81 bits per heavy atom. The number of aryl methyl sites for hydroxylation is 1. The van der Waals surface area contributed by atoms with Gasteiger partial charge in [0.25, 0.3) is 0 Å². The number of hydrogen-bond donors (Lipinski definition) is 1. The Balaban J connectivity index is 2.23. The lowest BCUT2D eigenvalue weighted by molar-refractivity contribution is 0.0507. The number of carbonyl (C=O) groups is 1. The molecule has 0 saturated heterocycles. The summed E-state index contributed by atoms with van der Waals surface area (Å²) in [5.74, 6) is 1.49. The van der Waals surface area contributed by atoms with Gasteiger partial charge in [0.15, 0.2) is 0 Å². The highest BCUT2D eigenvalue weighted by molar-refractivity contribution is 5.69. The zero-order chi connectivity index (χ0) is 15.5. The highest BCUT2D eigenvalue weighted by Crippen LogP contribution is 2.24. The number of furan rings is 1. The molecular weight excluding hydrogens is 266 g/mol. The van der Waals surface area contributed by atoms with E-state index >= 15 is 0 Å². The summed E-state index contributed by atoms with van der Waals surface area (Å²) in [6.45, 7) is 7.38. The van der Waals surface area contributed by atoms with Gasteiger partial charge in [-0.15, -0.1) is 0 Å². The predicted octanol–water partition coefficient (Wildman–Crippen LogP) is 4.20. The van der Waals surface area contributed by atoms with Crippen LogP contribution in [0.25, 0.3) is 0 Å². The molecule has 0 aliphatic heterocycles. The molecule has 0 spiro atoms. The number of amides is 1. The first-order chi connectivity index (χ1) is 9.85. The smallest absolute Gasteiger partial charge is 0.408 e. The molecule has 0 aliphatic carbocycles. The van der Waals surface area contributed by atoms with Crippen LogP contribution < -0.4 is 5.32 Å². The number of ether oxygens (including phenoxy) is 1. The van der Waals surface area contributed by atoms with E-state index in [0.717, 1.165) is 11.3 Å². The molecule has 2 aromatic rings. The molecule has 0 bridgehead atoms. The summed E-state index contributed by atoms with van der Waals surface area (Å²) < 4.78 is 11.0. The van der Waals surface area contributed by atoms with Crippen molar-refractivity contribution in [2.75, 3.05) is 0 Å². The highest BCUT2D eigenvalue weighted by Gasteiger charge is 2.23. The Labute approximate surface area is 125 Å². The third-order valence-electron chi connectivity index (χ3n) is 2.84. The molecule has 0 radical (unpaired) electrons. The minimum Gasteiger partial charge on any atom is -0.464 e. The first-order valence-corrected chi connectivity index (χ1v) is 6.96. The Bertz CT molecular complexity index is 596. The van der Waals surface area contributed by atoms with Crippen molar-refractivity contribution in [2.24, 2.45) is 0 Å². The number of rotatable bonds is 3. The second-order valence-electron chi connectivity index (χ2n) is 5.94. The fourth-order valence-electron chi connectivity index (χ4n) is 2.00. The molecule has 21 heavy (non-hydrogen) atoms. The first-order valence-electron chi connectivity index (χ1n) is 6.96. The van der Waals surface area contributed by atoms with Crippen LogP contribution in [-0.4, -0.2) is 11.7 Å². The van der Waals surface area contributed by atoms with Crippen LogP contribution in [0.1, 0.15) is 43.9 Å². The molecule has 112 valence electrons. The van der Waals surface area contributed by atoms with Crippen molar-refractivity contribution in [3.8, 4) is 0 Å². The van der Waals surface area contributed by atoms with Gasteiger partial charge in [0.05, 0.1) is 0 Å². The van der Waals surface area contributed by atoms with E-state index in [0.29, 0.717) is 5.76 Å². The minimum atomic E-state index is -0.537. The van der Waals surface area contributed by atoms with Crippen molar-refractivity contribution in [1.29, 1.82) is 0 Å². The summed E-state index contributed by atoms with van der Waals surface area (Å²) in [5, 5.41) is 2.86. The molecule has 1 heterocycles. The van der Waals surface area contributed by atoms with E-state index < -0.39 is 11.7 Å². The van der Waals surface area contributed by atoms with E-state index in [-0.39, 0.29) is 6.04 Å². The van der Waals surface area contributed by atoms with Gasteiger partial charge in [0, 0.05) is 0 Å². The van der Waals surface area contributed by atoms with Crippen LogP contribution in [-0.2, 0) is 4.74 Å². The van der Waals surface area contributed by atoms with Gasteiger partial charge in [-0.2, -0.15) is 0 Å². The zero-order valence-electron chi connectivity index (χ0n) is 12.8. The van der Waals surface area contributed by atoms with Gasteiger partial charge in [-0.3, -0.25) is 0 Å². The number of carbonyl (C=O) groups excluding carboxylic acids is 1. The van der Waals surface area contributed by atoms with Gasteiger partial charge < -0.3 is 14.5 Å². The summed E-state index contributed by atoms with van der Waals surface area (Å²) in [5.41, 5.74) is 0.405. The Morgan fingerprint density at radius 1 is 1.14 bits per heavy atom. The van der Waals surface area contributed by atoms with Gasteiger partial charge in [0.2, 0.25) is 0 Å². The maximum Gasteiger partial charge on any atom is 0.408 e. The van der Waals surface area contributed by atoms with Gasteiger partial charge >= 0.3 is 6.09 Å². The van der Waals surface area contributed by atoms with Crippen molar-refractivity contribution in [3.63, 3.8) is 0 Å². The molecule has 0 fully saturated rings. The van der Waals surface area contributed by atoms with E-state index in [2.05, 4.69) is 5.32 Å². The normalized spacial score (nSPS) is 12.8. The summed E-state index contributed by atoms with van der Waals surface area (Å²) in [7, 11) is 0. The van der Waals surface area contributed by atoms with Crippen LogP contribution in [0.15, 0.2) is 46.9 Å². The molecule has 1 N–H and O–H groups in total. The Morgan fingerprint density at radius 3 is 2.33 bits per heavy atom. The first kappa shape index (κ1) is 15.2. The summed E-state index contributed by atoms with van der Waals surface area (Å²) in [6, 6.07) is 13.0. The molecule has 4 heteroatoms. The van der Waals surface area contributed by atoms with Crippen LogP contribution in [0.5, 0.6) is 0 Å². The molecular formula is C17H21NO3. The molecule has 1 atom stereocenters. The maximum atomic E-state index is 12.0. The molecule has 0 saturated carbocycles. The molecule has 4 nitrogen and oxygen atoms in total. The third kappa shape index (κ3) is 4.38. The van der Waals surface area contributed by atoms with E-state index in [9.17, 15) is 4.79 Å². The van der Waals surface area contributed by atoms with E-state index in [4.69, 9.17) is 9.15 Å². The topological polar surface area (TPSA) is 51.5 Å². The van der Waals surface area contributed by atoms with Gasteiger partial charge in [-0.05, 0) is 45.4 Å². The van der Waals surface area contributed by atoms with Crippen molar-refractivity contribution in [2.45, 2.75) is 39.3 Å². The average Bonchev–Trinajstić information content (AvgIpc) is 2.81. The lowest BCUT2D eigenvalue weighted by Gasteiger charge is -2.23. The molecule has 0 unspecified atom stereocenters. The quantitative estimate of drug-likeness (QED) is 0.920. The van der Waals surface area contributed by atoms with E-state index in [1.807, 2.05) is 70.2 Å². The van der Waals surface area contributed by atoms with Crippen LogP contribution in [0.3, 0.4) is 0 Å². The fraction of sp³-hybridized carbons (Fsp3) is 0.353. The predicted molar refractivity (Wildman–Crippen MR) is 81.1 cm³/mol. The van der Waals surface area contributed by atoms with Gasteiger partial charge in [-0.1, -0.05) is 30.3 Å².